The predicted molar refractivity (Wildman–Crippen MR) is 61.5 cm³/mol. The van der Waals surface area contributed by atoms with Gasteiger partial charge < -0.3 is 10.4 Å². The highest BCUT2D eigenvalue weighted by molar-refractivity contribution is 6.04. The van der Waals surface area contributed by atoms with E-state index in [2.05, 4.69) is 5.32 Å². The van der Waals surface area contributed by atoms with Crippen molar-refractivity contribution in [2.24, 2.45) is 0 Å². The summed E-state index contributed by atoms with van der Waals surface area (Å²) in [5.74, 6) is -1.38. The molecule has 0 saturated carbocycles. The number of allylic oxidation sites excluding steroid dienone is 1. The van der Waals surface area contributed by atoms with Crippen molar-refractivity contribution in [1.82, 2.24) is 0 Å². The van der Waals surface area contributed by atoms with Crippen molar-refractivity contribution in [2.45, 2.75) is 13.3 Å². The van der Waals surface area contributed by atoms with Gasteiger partial charge in [-0.2, -0.15) is 0 Å². The van der Waals surface area contributed by atoms with Gasteiger partial charge in [-0.1, -0.05) is 25.1 Å². The molecule has 0 fully saturated rings. The van der Waals surface area contributed by atoms with Crippen molar-refractivity contribution in [3.05, 3.63) is 42.0 Å². The molecule has 0 aliphatic rings. The Morgan fingerprint density at radius 1 is 1.38 bits per heavy atom. The summed E-state index contributed by atoms with van der Waals surface area (Å²) in [7, 11) is 0. The molecule has 0 bridgehead atoms. The van der Waals surface area contributed by atoms with E-state index in [1.807, 2.05) is 6.92 Å². The topological polar surface area (TPSA) is 66.4 Å². The van der Waals surface area contributed by atoms with Gasteiger partial charge >= 0.3 is 5.97 Å². The van der Waals surface area contributed by atoms with Gasteiger partial charge in [0, 0.05) is 0 Å². The molecular weight excluding hydrogens is 206 g/mol. The van der Waals surface area contributed by atoms with Crippen LogP contribution in [0.2, 0.25) is 0 Å². The molecule has 0 unspecified atom stereocenters. The van der Waals surface area contributed by atoms with E-state index < -0.39 is 5.97 Å². The van der Waals surface area contributed by atoms with Crippen LogP contribution in [-0.4, -0.2) is 17.0 Å². The standard InChI is InChI=1S/C12H13NO3/c1-2-3-8-11(14)13-10-7-5-4-6-9(10)12(15)16/h3-8H,2H2,1H3,(H,13,14)(H,15,16). The van der Waals surface area contributed by atoms with Crippen molar-refractivity contribution < 1.29 is 14.7 Å². The van der Waals surface area contributed by atoms with E-state index in [0.717, 1.165) is 6.42 Å². The molecule has 0 aromatic heterocycles. The molecule has 0 aliphatic carbocycles. The lowest BCUT2D eigenvalue weighted by molar-refractivity contribution is -0.111. The summed E-state index contributed by atoms with van der Waals surface area (Å²) < 4.78 is 0. The number of anilines is 1. The fourth-order valence-corrected chi connectivity index (χ4v) is 1.18. The van der Waals surface area contributed by atoms with E-state index in [0.29, 0.717) is 5.69 Å². The Morgan fingerprint density at radius 3 is 2.69 bits per heavy atom. The first-order valence-corrected chi connectivity index (χ1v) is 4.95. The second kappa shape index (κ2) is 5.70. The molecular formula is C12H13NO3. The van der Waals surface area contributed by atoms with Crippen LogP contribution < -0.4 is 5.32 Å². The van der Waals surface area contributed by atoms with Crippen molar-refractivity contribution in [1.29, 1.82) is 0 Å². The smallest absolute Gasteiger partial charge is 0.337 e. The third-order valence-electron chi connectivity index (χ3n) is 1.92. The molecule has 0 heterocycles. The quantitative estimate of drug-likeness (QED) is 0.763. The second-order valence-corrected chi connectivity index (χ2v) is 3.15. The molecule has 0 saturated heterocycles. The van der Waals surface area contributed by atoms with Gasteiger partial charge in [0.25, 0.3) is 0 Å². The van der Waals surface area contributed by atoms with Crippen LogP contribution >= 0.6 is 0 Å². The number of carbonyl (C=O) groups excluding carboxylic acids is 1. The molecule has 84 valence electrons. The SMILES string of the molecule is CCC=CC(=O)Nc1ccccc1C(=O)O. The first kappa shape index (κ1) is 12.0. The highest BCUT2D eigenvalue weighted by Gasteiger charge is 2.09. The summed E-state index contributed by atoms with van der Waals surface area (Å²) in [6, 6.07) is 6.29. The monoisotopic (exact) mass is 219 g/mol. The fourth-order valence-electron chi connectivity index (χ4n) is 1.18. The molecule has 0 spiro atoms. The first-order valence-electron chi connectivity index (χ1n) is 4.95. The number of carboxylic acids is 1. The third-order valence-corrected chi connectivity index (χ3v) is 1.92. The predicted octanol–water partition coefficient (Wildman–Crippen LogP) is 2.29. The number of hydrogen-bond donors (Lipinski definition) is 2. The highest BCUT2D eigenvalue weighted by Crippen LogP contribution is 2.14. The highest BCUT2D eigenvalue weighted by atomic mass is 16.4. The number of aromatic carboxylic acids is 1. The van der Waals surface area contributed by atoms with Crippen molar-refractivity contribution >= 4 is 17.6 Å². The van der Waals surface area contributed by atoms with Gasteiger partial charge in [0.1, 0.15) is 0 Å². The van der Waals surface area contributed by atoms with Gasteiger partial charge in [0.05, 0.1) is 11.3 Å². The number of carbonyl (C=O) groups is 2. The summed E-state index contributed by atoms with van der Waals surface area (Å²) in [5, 5.41) is 11.4. The first-order chi connectivity index (χ1) is 7.65. The lowest BCUT2D eigenvalue weighted by atomic mass is 10.2. The Morgan fingerprint density at radius 2 is 2.06 bits per heavy atom. The number of nitrogens with one attached hydrogen (secondary N) is 1. The summed E-state index contributed by atoms with van der Waals surface area (Å²) >= 11 is 0. The second-order valence-electron chi connectivity index (χ2n) is 3.15. The van der Waals surface area contributed by atoms with Gasteiger partial charge in [-0.15, -0.1) is 0 Å². The van der Waals surface area contributed by atoms with Gasteiger partial charge in [0.15, 0.2) is 0 Å². The number of para-hydroxylation sites is 1. The molecule has 4 nitrogen and oxygen atoms in total. The lowest BCUT2D eigenvalue weighted by Gasteiger charge is -2.05. The average molecular weight is 219 g/mol. The van der Waals surface area contributed by atoms with Crippen LogP contribution in [0.4, 0.5) is 5.69 Å². The lowest BCUT2D eigenvalue weighted by Crippen LogP contribution is -2.11. The van der Waals surface area contributed by atoms with Crippen molar-refractivity contribution in [3.63, 3.8) is 0 Å². The Kier molecular flexibility index (Phi) is 4.27. The van der Waals surface area contributed by atoms with Crippen molar-refractivity contribution in [2.75, 3.05) is 5.32 Å². The number of carboxylic acid groups (broad SMARTS) is 1. The molecule has 4 heteroatoms. The number of rotatable bonds is 4. The number of benzene rings is 1. The van der Waals surface area contributed by atoms with Gasteiger partial charge in [-0.3, -0.25) is 4.79 Å². The molecule has 1 rings (SSSR count). The van der Waals surface area contributed by atoms with Crippen LogP contribution in [0.3, 0.4) is 0 Å². The molecule has 1 amide bonds. The van der Waals surface area contributed by atoms with Crippen LogP contribution in [0, 0.1) is 0 Å². The largest absolute Gasteiger partial charge is 0.478 e. The Balaban J connectivity index is 2.84. The van der Waals surface area contributed by atoms with E-state index >= 15 is 0 Å². The van der Waals surface area contributed by atoms with E-state index in [-0.39, 0.29) is 11.5 Å². The van der Waals surface area contributed by atoms with E-state index in [1.54, 1.807) is 24.3 Å². The summed E-state index contributed by atoms with van der Waals surface area (Å²) in [5.41, 5.74) is 0.390. The van der Waals surface area contributed by atoms with Gasteiger partial charge in [-0.05, 0) is 24.6 Å². The maximum atomic E-state index is 11.4. The van der Waals surface area contributed by atoms with E-state index in [4.69, 9.17) is 5.11 Å². The summed E-state index contributed by atoms with van der Waals surface area (Å²) in [6.45, 7) is 1.91. The van der Waals surface area contributed by atoms with Gasteiger partial charge in [-0.25, -0.2) is 4.79 Å². The number of amides is 1. The maximum absolute atomic E-state index is 11.4. The van der Waals surface area contributed by atoms with Crippen LogP contribution in [-0.2, 0) is 4.79 Å². The normalized spacial score (nSPS) is 10.3. The zero-order valence-corrected chi connectivity index (χ0v) is 8.93. The molecule has 2 N–H and O–H groups in total. The fraction of sp³-hybridized carbons (Fsp3) is 0.167. The summed E-state index contributed by atoms with van der Waals surface area (Å²) in [4.78, 5) is 22.2. The van der Waals surface area contributed by atoms with Crippen LogP contribution in [0.25, 0.3) is 0 Å². The van der Waals surface area contributed by atoms with E-state index in [9.17, 15) is 9.59 Å². The minimum absolute atomic E-state index is 0.0840. The molecule has 16 heavy (non-hydrogen) atoms. The average Bonchev–Trinajstić information content (AvgIpc) is 2.27. The van der Waals surface area contributed by atoms with Gasteiger partial charge in [0.2, 0.25) is 5.91 Å². The molecule has 1 aromatic rings. The Labute approximate surface area is 93.6 Å². The van der Waals surface area contributed by atoms with Crippen LogP contribution in [0.5, 0.6) is 0 Å². The zero-order chi connectivity index (χ0) is 12.0. The van der Waals surface area contributed by atoms with Crippen LogP contribution in [0.15, 0.2) is 36.4 Å². The maximum Gasteiger partial charge on any atom is 0.337 e. The molecule has 0 atom stereocenters. The Bertz CT molecular complexity index is 424. The Hall–Kier alpha value is -2.10. The zero-order valence-electron chi connectivity index (χ0n) is 8.93. The van der Waals surface area contributed by atoms with E-state index in [1.165, 1.54) is 12.1 Å². The van der Waals surface area contributed by atoms with Crippen molar-refractivity contribution in [3.8, 4) is 0 Å². The minimum Gasteiger partial charge on any atom is -0.478 e. The summed E-state index contributed by atoms with van der Waals surface area (Å²) in [6.07, 6.45) is 3.85. The minimum atomic E-state index is -1.06. The molecule has 1 aromatic carbocycles. The van der Waals surface area contributed by atoms with Crippen LogP contribution in [0.1, 0.15) is 23.7 Å². The molecule has 0 aliphatic heterocycles. The number of hydrogen-bond acceptors (Lipinski definition) is 2. The molecule has 0 radical (unpaired) electrons. The third kappa shape index (κ3) is 3.24.